The minimum atomic E-state index is 0.196. The molecule has 1 heterocycles. The molecule has 1 aromatic carbocycles. The number of ether oxygens (including phenoxy) is 1. The summed E-state index contributed by atoms with van der Waals surface area (Å²) >= 11 is 9.88. The van der Waals surface area contributed by atoms with E-state index >= 15 is 0 Å². The zero-order chi connectivity index (χ0) is 11.4. The molecule has 1 fully saturated rings. The van der Waals surface area contributed by atoms with Crippen LogP contribution in [0.15, 0.2) is 28.7 Å². The standard InChI is InChI=1S/C13H16BrClO/c14-12-5-3-10(4-6-12)8-13(15)11-2-1-7-16-9-11/h3-6,11,13H,1-2,7-9H2. The number of hydrogen-bond donors (Lipinski definition) is 0. The first-order valence-electron chi connectivity index (χ1n) is 5.72. The van der Waals surface area contributed by atoms with E-state index in [2.05, 4.69) is 40.2 Å². The molecule has 0 amide bonds. The first kappa shape index (κ1) is 12.4. The Labute approximate surface area is 110 Å². The van der Waals surface area contributed by atoms with E-state index in [4.69, 9.17) is 16.3 Å². The third kappa shape index (κ3) is 3.47. The average Bonchev–Trinajstić information content (AvgIpc) is 2.33. The lowest BCUT2D eigenvalue weighted by Crippen LogP contribution is -2.27. The Morgan fingerprint density at radius 1 is 1.38 bits per heavy atom. The van der Waals surface area contributed by atoms with E-state index in [1.807, 2.05) is 0 Å². The topological polar surface area (TPSA) is 9.23 Å². The van der Waals surface area contributed by atoms with E-state index in [1.165, 1.54) is 12.0 Å². The van der Waals surface area contributed by atoms with Crippen LogP contribution in [0.2, 0.25) is 0 Å². The molecule has 2 rings (SSSR count). The molecule has 0 N–H and O–H groups in total. The summed E-state index contributed by atoms with van der Waals surface area (Å²) in [6, 6.07) is 8.39. The Bertz CT molecular complexity index is 319. The lowest BCUT2D eigenvalue weighted by Gasteiger charge is -2.26. The highest BCUT2D eigenvalue weighted by Crippen LogP contribution is 2.24. The van der Waals surface area contributed by atoms with Gasteiger partial charge in [0.15, 0.2) is 0 Å². The predicted molar refractivity (Wildman–Crippen MR) is 71.0 cm³/mol. The highest BCUT2D eigenvalue weighted by Gasteiger charge is 2.22. The van der Waals surface area contributed by atoms with E-state index in [0.29, 0.717) is 5.92 Å². The SMILES string of the molecule is ClC(Cc1ccc(Br)cc1)C1CCCOC1. The smallest absolute Gasteiger partial charge is 0.0508 e. The molecule has 1 nitrogen and oxygen atoms in total. The second-order valence-electron chi connectivity index (χ2n) is 4.32. The lowest BCUT2D eigenvalue weighted by molar-refractivity contribution is 0.0533. The fraction of sp³-hybridized carbons (Fsp3) is 0.538. The van der Waals surface area contributed by atoms with Crippen molar-refractivity contribution >= 4 is 27.5 Å². The number of halogens is 2. The first-order chi connectivity index (χ1) is 7.75. The summed E-state index contributed by atoms with van der Waals surface area (Å²) in [7, 11) is 0. The van der Waals surface area contributed by atoms with Gasteiger partial charge >= 0.3 is 0 Å². The van der Waals surface area contributed by atoms with Crippen LogP contribution in [0.25, 0.3) is 0 Å². The molecule has 0 radical (unpaired) electrons. The molecule has 1 aromatic rings. The van der Waals surface area contributed by atoms with E-state index < -0.39 is 0 Å². The van der Waals surface area contributed by atoms with Crippen LogP contribution in [0.1, 0.15) is 18.4 Å². The summed E-state index contributed by atoms with van der Waals surface area (Å²) < 4.78 is 6.58. The molecule has 2 atom stereocenters. The zero-order valence-corrected chi connectivity index (χ0v) is 11.5. The lowest BCUT2D eigenvalue weighted by atomic mass is 9.94. The molecule has 3 heteroatoms. The van der Waals surface area contributed by atoms with E-state index in [9.17, 15) is 0 Å². The quantitative estimate of drug-likeness (QED) is 0.766. The highest BCUT2D eigenvalue weighted by molar-refractivity contribution is 9.10. The molecule has 1 aliphatic rings. The van der Waals surface area contributed by atoms with Crippen LogP contribution in [-0.2, 0) is 11.2 Å². The molecule has 0 spiro atoms. The summed E-state index contributed by atoms with van der Waals surface area (Å²) in [5.41, 5.74) is 1.30. The summed E-state index contributed by atoms with van der Waals surface area (Å²) in [5, 5.41) is 0.196. The van der Waals surface area contributed by atoms with Crippen LogP contribution >= 0.6 is 27.5 Å². The van der Waals surface area contributed by atoms with Gasteiger partial charge in [0.2, 0.25) is 0 Å². The van der Waals surface area contributed by atoms with Gasteiger partial charge in [-0.3, -0.25) is 0 Å². The summed E-state index contributed by atoms with van der Waals surface area (Å²) in [6.45, 7) is 1.73. The van der Waals surface area contributed by atoms with E-state index in [1.54, 1.807) is 0 Å². The van der Waals surface area contributed by atoms with Gasteiger partial charge in [0.1, 0.15) is 0 Å². The van der Waals surface area contributed by atoms with Crippen molar-refractivity contribution < 1.29 is 4.74 Å². The highest BCUT2D eigenvalue weighted by atomic mass is 79.9. The second-order valence-corrected chi connectivity index (χ2v) is 5.80. The van der Waals surface area contributed by atoms with Crippen molar-refractivity contribution in [3.05, 3.63) is 34.3 Å². The Kier molecular flexibility index (Phi) is 4.68. The molecule has 16 heavy (non-hydrogen) atoms. The number of benzene rings is 1. The summed E-state index contributed by atoms with van der Waals surface area (Å²) in [4.78, 5) is 0. The molecule has 0 bridgehead atoms. The predicted octanol–water partition coefficient (Wildman–Crippen LogP) is 4.03. The Morgan fingerprint density at radius 3 is 2.75 bits per heavy atom. The van der Waals surface area contributed by atoms with Crippen molar-refractivity contribution in [2.75, 3.05) is 13.2 Å². The fourth-order valence-electron chi connectivity index (χ4n) is 2.06. The third-order valence-corrected chi connectivity index (χ3v) is 4.09. The van der Waals surface area contributed by atoms with Crippen molar-refractivity contribution in [3.63, 3.8) is 0 Å². The summed E-state index contributed by atoms with van der Waals surface area (Å²) in [6.07, 6.45) is 3.28. The van der Waals surface area contributed by atoms with E-state index in [0.717, 1.165) is 30.5 Å². The van der Waals surface area contributed by atoms with Crippen LogP contribution in [0, 0.1) is 5.92 Å². The first-order valence-corrected chi connectivity index (χ1v) is 6.95. The van der Waals surface area contributed by atoms with Crippen molar-refractivity contribution in [3.8, 4) is 0 Å². The van der Waals surface area contributed by atoms with Crippen LogP contribution in [0.5, 0.6) is 0 Å². The minimum absolute atomic E-state index is 0.196. The number of alkyl halides is 1. The maximum absolute atomic E-state index is 6.44. The molecule has 0 saturated carbocycles. The van der Waals surface area contributed by atoms with Crippen molar-refractivity contribution in [1.29, 1.82) is 0 Å². The Balaban J connectivity index is 1.90. The normalized spacial score (nSPS) is 23.0. The van der Waals surface area contributed by atoms with Gasteiger partial charge < -0.3 is 4.74 Å². The van der Waals surface area contributed by atoms with Crippen LogP contribution < -0.4 is 0 Å². The van der Waals surface area contributed by atoms with Crippen LogP contribution in [-0.4, -0.2) is 18.6 Å². The Hall–Kier alpha value is -0.0500. The van der Waals surface area contributed by atoms with Crippen LogP contribution in [0.4, 0.5) is 0 Å². The monoisotopic (exact) mass is 302 g/mol. The second kappa shape index (κ2) is 6.04. The molecule has 2 unspecified atom stereocenters. The third-order valence-electron chi connectivity index (χ3n) is 3.05. The molecular formula is C13H16BrClO. The maximum atomic E-state index is 6.44. The molecule has 0 aromatic heterocycles. The van der Waals surface area contributed by atoms with Gasteiger partial charge in [0.05, 0.1) is 6.61 Å². The van der Waals surface area contributed by atoms with Gasteiger partial charge in [-0.05, 0) is 42.9 Å². The van der Waals surface area contributed by atoms with Gasteiger partial charge in [-0.2, -0.15) is 0 Å². The maximum Gasteiger partial charge on any atom is 0.0508 e. The number of hydrogen-bond acceptors (Lipinski definition) is 1. The Morgan fingerprint density at radius 2 is 2.12 bits per heavy atom. The zero-order valence-electron chi connectivity index (χ0n) is 9.16. The molecule has 1 aliphatic heterocycles. The largest absolute Gasteiger partial charge is 0.381 e. The van der Waals surface area contributed by atoms with Crippen molar-refractivity contribution in [2.24, 2.45) is 5.92 Å². The molecule has 88 valence electrons. The van der Waals surface area contributed by atoms with Gasteiger partial charge in [-0.25, -0.2) is 0 Å². The van der Waals surface area contributed by atoms with Gasteiger partial charge in [0.25, 0.3) is 0 Å². The van der Waals surface area contributed by atoms with E-state index in [-0.39, 0.29) is 5.38 Å². The minimum Gasteiger partial charge on any atom is -0.381 e. The van der Waals surface area contributed by atoms with Crippen LogP contribution in [0.3, 0.4) is 0 Å². The number of rotatable bonds is 3. The van der Waals surface area contributed by atoms with Crippen molar-refractivity contribution in [2.45, 2.75) is 24.6 Å². The average molecular weight is 304 g/mol. The van der Waals surface area contributed by atoms with Gasteiger partial charge in [-0.15, -0.1) is 11.6 Å². The molecule has 1 saturated heterocycles. The summed E-state index contributed by atoms with van der Waals surface area (Å²) in [5.74, 6) is 0.513. The van der Waals surface area contributed by atoms with Gasteiger partial charge in [0, 0.05) is 16.5 Å². The molecular weight excluding hydrogens is 287 g/mol. The fourth-order valence-corrected chi connectivity index (χ4v) is 2.70. The van der Waals surface area contributed by atoms with Gasteiger partial charge in [-0.1, -0.05) is 28.1 Å². The van der Waals surface area contributed by atoms with Crippen molar-refractivity contribution in [1.82, 2.24) is 0 Å². The molecule has 0 aliphatic carbocycles.